The van der Waals surface area contributed by atoms with Crippen LogP contribution in [-0.2, 0) is 9.59 Å². The minimum absolute atomic E-state index is 0.00161. The summed E-state index contributed by atoms with van der Waals surface area (Å²) in [6.07, 6.45) is 9.71. The molecule has 0 aromatic heterocycles. The molecular formula is C11H18O2. The van der Waals surface area contributed by atoms with Gasteiger partial charge in [0.25, 0.3) is 0 Å². The number of hydrogen-bond acceptors (Lipinski definition) is 2. The van der Waals surface area contributed by atoms with Crippen molar-refractivity contribution in [3.8, 4) is 0 Å². The highest BCUT2D eigenvalue weighted by molar-refractivity contribution is 5.90. The molecule has 0 aromatic rings. The first-order valence-electron chi connectivity index (χ1n) is 4.91. The minimum Gasteiger partial charge on any atom is -0.303 e. The number of ketones is 1. The lowest BCUT2D eigenvalue weighted by molar-refractivity contribution is -0.121. The van der Waals surface area contributed by atoms with Crippen molar-refractivity contribution >= 4 is 12.1 Å². The average Bonchev–Trinajstić information content (AvgIpc) is 2.11. The molecule has 74 valence electrons. The second-order valence-electron chi connectivity index (χ2n) is 3.08. The summed E-state index contributed by atoms with van der Waals surface area (Å²) >= 11 is 0. The van der Waals surface area contributed by atoms with Gasteiger partial charge < -0.3 is 4.79 Å². The normalized spacial score (nSPS) is 10.5. The fourth-order valence-corrected chi connectivity index (χ4v) is 1.02. The number of allylic oxidation sites excluding steroid dienone is 2. The molecular weight excluding hydrogens is 164 g/mol. The van der Waals surface area contributed by atoms with Crippen LogP contribution in [0.5, 0.6) is 0 Å². The van der Waals surface area contributed by atoms with Gasteiger partial charge in [-0.15, -0.1) is 0 Å². The Kier molecular flexibility index (Phi) is 8.52. The maximum Gasteiger partial charge on any atom is 0.143 e. The third-order valence-corrected chi connectivity index (χ3v) is 1.80. The van der Waals surface area contributed by atoms with E-state index < -0.39 is 0 Å². The van der Waals surface area contributed by atoms with Gasteiger partial charge in [0.05, 0.1) is 6.42 Å². The zero-order valence-electron chi connectivity index (χ0n) is 8.29. The third kappa shape index (κ3) is 8.99. The predicted molar refractivity (Wildman–Crippen MR) is 53.6 cm³/mol. The SMILES string of the molecule is CCCCCC=CCC(=O)CC=O. The van der Waals surface area contributed by atoms with Gasteiger partial charge in [-0.2, -0.15) is 0 Å². The summed E-state index contributed by atoms with van der Waals surface area (Å²) in [5.41, 5.74) is 0. The van der Waals surface area contributed by atoms with Crippen LogP contribution in [0, 0.1) is 0 Å². The zero-order valence-corrected chi connectivity index (χ0v) is 8.29. The molecule has 0 rings (SSSR count). The van der Waals surface area contributed by atoms with Crippen LogP contribution in [0.15, 0.2) is 12.2 Å². The molecule has 0 radical (unpaired) electrons. The molecule has 2 heteroatoms. The lowest BCUT2D eigenvalue weighted by Crippen LogP contribution is -1.95. The molecule has 0 bridgehead atoms. The first-order valence-corrected chi connectivity index (χ1v) is 4.91. The van der Waals surface area contributed by atoms with E-state index in [1.54, 1.807) is 0 Å². The van der Waals surface area contributed by atoms with Crippen LogP contribution >= 0.6 is 0 Å². The Morgan fingerprint density at radius 2 is 1.92 bits per heavy atom. The Labute approximate surface area is 80.0 Å². The smallest absolute Gasteiger partial charge is 0.143 e. The summed E-state index contributed by atoms with van der Waals surface area (Å²) in [6, 6.07) is 0. The Morgan fingerprint density at radius 3 is 2.54 bits per heavy atom. The van der Waals surface area contributed by atoms with Crippen LogP contribution in [0.2, 0.25) is 0 Å². The fraction of sp³-hybridized carbons (Fsp3) is 0.636. The van der Waals surface area contributed by atoms with E-state index in [0.29, 0.717) is 12.7 Å². The Morgan fingerprint density at radius 1 is 1.15 bits per heavy atom. The topological polar surface area (TPSA) is 34.1 Å². The molecule has 0 amide bonds. The molecule has 0 atom stereocenters. The van der Waals surface area contributed by atoms with Gasteiger partial charge in [0, 0.05) is 6.42 Å². The van der Waals surface area contributed by atoms with Crippen LogP contribution in [0.4, 0.5) is 0 Å². The monoisotopic (exact) mass is 182 g/mol. The lowest BCUT2D eigenvalue weighted by atomic mass is 10.1. The molecule has 0 aliphatic heterocycles. The van der Waals surface area contributed by atoms with Crippen molar-refractivity contribution < 1.29 is 9.59 Å². The van der Waals surface area contributed by atoms with Crippen LogP contribution in [0.3, 0.4) is 0 Å². The first kappa shape index (κ1) is 12.1. The second-order valence-corrected chi connectivity index (χ2v) is 3.08. The molecule has 0 heterocycles. The van der Waals surface area contributed by atoms with Crippen molar-refractivity contribution in [2.24, 2.45) is 0 Å². The largest absolute Gasteiger partial charge is 0.303 e. The van der Waals surface area contributed by atoms with E-state index in [2.05, 4.69) is 6.92 Å². The molecule has 0 saturated carbocycles. The molecule has 0 aromatic carbocycles. The summed E-state index contributed by atoms with van der Waals surface area (Å²) < 4.78 is 0. The third-order valence-electron chi connectivity index (χ3n) is 1.80. The van der Waals surface area contributed by atoms with Crippen molar-refractivity contribution in [2.45, 2.75) is 45.4 Å². The molecule has 0 fully saturated rings. The van der Waals surface area contributed by atoms with E-state index in [0.717, 1.165) is 6.42 Å². The van der Waals surface area contributed by atoms with Gasteiger partial charge in [0.2, 0.25) is 0 Å². The first-order chi connectivity index (χ1) is 6.31. The Hall–Kier alpha value is -0.920. The highest BCUT2D eigenvalue weighted by Gasteiger charge is 1.95. The van der Waals surface area contributed by atoms with Gasteiger partial charge in [0.15, 0.2) is 0 Å². The minimum atomic E-state index is 0.00161. The van der Waals surface area contributed by atoms with Crippen molar-refractivity contribution in [1.29, 1.82) is 0 Å². The highest BCUT2D eigenvalue weighted by Crippen LogP contribution is 2.00. The van der Waals surface area contributed by atoms with Gasteiger partial charge in [-0.25, -0.2) is 0 Å². The van der Waals surface area contributed by atoms with Gasteiger partial charge in [-0.05, 0) is 12.8 Å². The van der Waals surface area contributed by atoms with Crippen LogP contribution in [0.25, 0.3) is 0 Å². The number of carbonyl (C=O) groups excluding carboxylic acids is 2. The number of hydrogen-bond donors (Lipinski definition) is 0. The number of carbonyl (C=O) groups is 2. The predicted octanol–water partition coefficient (Wildman–Crippen LogP) is 2.67. The summed E-state index contributed by atoms with van der Waals surface area (Å²) in [5.74, 6) is 0.00161. The molecule has 13 heavy (non-hydrogen) atoms. The summed E-state index contributed by atoms with van der Waals surface area (Å²) in [7, 11) is 0. The maximum atomic E-state index is 10.8. The molecule has 0 spiro atoms. The van der Waals surface area contributed by atoms with E-state index in [4.69, 9.17) is 0 Å². The van der Waals surface area contributed by atoms with Gasteiger partial charge in [0.1, 0.15) is 12.1 Å². The molecule has 2 nitrogen and oxygen atoms in total. The average molecular weight is 182 g/mol. The summed E-state index contributed by atoms with van der Waals surface area (Å²) in [6.45, 7) is 2.16. The molecule has 0 aliphatic carbocycles. The van der Waals surface area contributed by atoms with E-state index in [1.807, 2.05) is 12.2 Å². The summed E-state index contributed by atoms with van der Waals surface area (Å²) in [4.78, 5) is 20.8. The van der Waals surface area contributed by atoms with E-state index in [9.17, 15) is 9.59 Å². The fourth-order valence-electron chi connectivity index (χ4n) is 1.02. The lowest BCUT2D eigenvalue weighted by Gasteiger charge is -1.91. The number of unbranched alkanes of at least 4 members (excludes halogenated alkanes) is 3. The van der Waals surface area contributed by atoms with Crippen molar-refractivity contribution in [3.05, 3.63) is 12.2 Å². The van der Waals surface area contributed by atoms with E-state index >= 15 is 0 Å². The number of rotatable bonds is 8. The molecule has 0 saturated heterocycles. The van der Waals surface area contributed by atoms with Crippen LogP contribution in [0.1, 0.15) is 45.4 Å². The highest BCUT2D eigenvalue weighted by atomic mass is 16.1. The number of Topliss-reactive ketones (excluding diaryl/α,β-unsaturated/α-hetero) is 1. The van der Waals surface area contributed by atoms with Crippen LogP contribution in [-0.4, -0.2) is 12.1 Å². The van der Waals surface area contributed by atoms with Gasteiger partial charge in [-0.1, -0.05) is 31.9 Å². The second kappa shape index (κ2) is 9.17. The van der Waals surface area contributed by atoms with Crippen LogP contribution < -0.4 is 0 Å². The Bertz CT molecular complexity index is 171. The van der Waals surface area contributed by atoms with E-state index in [1.165, 1.54) is 19.3 Å². The standard InChI is InChI=1S/C11H18O2/c1-2-3-4-5-6-7-8-11(13)9-10-12/h6-7,10H,2-5,8-9H2,1H3. The van der Waals surface area contributed by atoms with E-state index in [-0.39, 0.29) is 12.2 Å². The quantitative estimate of drug-likeness (QED) is 0.250. The zero-order chi connectivity index (χ0) is 9.94. The molecule has 0 aliphatic rings. The van der Waals surface area contributed by atoms with Crippen molar-refractivity contribution in [2.75, 3.05) is 0 Å². The summed E-state index contributed by atoms with van der Waals surface area (Å²) in [5, 5.41) is 0. The maximum absolute atomic E-state index is 10.8. The Balaban J connectivity index is 3.29. The molecule has 0 unspecified atom stereocenters. The van der Waals surface area contributed by atoms with Gasteiger partial charge in [-0.3, -0.25) is 4.79 Å². The molecule has 0 N–H and O–H groups in total. The van der Waals surface area contributed by atoms with Crippen molar-refractivity contribution in [3.63, 3.8) is 0 Å². The number of aldehydes is 1. The van der Waals surface area contributed by atoms with Crippen molar-refractivity contribution in [1.82, 2.24) is 0 Å². The van der Waals surface area contributed by atoms with Gasteiger partial charge >= 0.3 is 0 Å².